The van der Waals surface area contributed by atoms with Gasteiger partial charge in [-0.2, -0.15) is 11.1 Å². The van der Waals surface area contributed by atoms with Crippen LogP contribution in [-0.2, 0) is 0 Å². The second kappa shape index (κ2) is 6.38. The summed E-state index contributed by atoms with van der Waals surface area (Å²) < 4.78 is 5.82. The molecule has 0 saturated heterocycles. The van der Waals surface area contributed by atoms with Gasteiger partial charge in [0.1, 0.15) is 11.5 Å². The smallest absolute Gasteiger partial charge is 0.214 e. The lowest BCUT2D eigenvalue weighted by molar-refractivity contribution is 0.483. The van der Waals surface area contributed by atoms with Crippen LogP contribution < -0.4 is 15.1 Å². The van der Waals surface area contributed by atoms with Crippen molar-refractivity contribution in [2.75, 3.05) is 0 Å². The second-order valence-corrected chi connectivity index (χ2v) is 10.7. The Kier molecular flexibility index (Phi) is 4.32. The summed E-state index contributed by atoms with van der Waals surface area (Å²) in [5.41, 5.74) is 0. The number of rotatable bonds is 4. The van der Waals surface area contributed by atoms with Crippen molar-refractivity contribution >= 4 is 28.8 Å². The molecule has 3 heteroatoms. The molecule has 0 heterocycles. The Balaban J connectivity index is 1.82. The molecule has 0 aliphatic rings. The van der Waals surface area contributed by atoms with Crippen molar-refractivity contribution < 1.29 is 4.74 Å². The maximum Gasteiger partial charge on any atom is 0.214 e. The average molecular weight is 325 g/mol. The van der Waals surface area contributed by atoms with E-state index in [-0.39, 0.29) is 0 Å². The molecule has 22 heavy (non-hydrogen) atoms. The van der Waals surface area contributed by atoms with E-state index in [0.29, 0.717) is 0 Å². The summed E-state index contributed by atoms with van der Waals surface area (Å²) in [5.74, 6) is 1.66. The molecule has 1 unspecified atom stereocenters. The lowest BCUT2D eigenvalue weighted by Crippen LogP contribution is -2.50. The highest BCUT2D eigenvalue weighted by atomic mass is 35.6. The van der Waals surface area contributed by atoms with E-state index >= 15 is 0 Å². The summed E-state index contributed by atoms with van der Waals surface area (Å²) in [5, 5.41) is 2.40. The third-order valence-electron chi connectivity index (χ3n) is 3.69. The predicted octanol–water partition coefficient (Wildman–Crippen LogP) is 4.41. The lowest BCUT2D eigenvalue weighted by atomic mass is 10.3. The van der Waals surface area contributed by atoms with Crippen molar-refractivity contribution in [3.8, 4) is 11.5 Å². The number of benzene rings is 3. The highest BCUT2D eigenvalue weighted by Gasteiger charge is 2.29. The average Bonchev–Trinajstić information content (AvgIpc) is 2.57. The van der Waals surface area contributed by atoms with Gasteiger partial charge in [-0.1, -0.05) is 60.7 Å². The molecule has 0 aromatic heterocycles. The maximum atomic E-state index is 6.90. The molecule has 3 rings (SSSR count). The van der Waals surface area contributed by atoms with E-state index in [1.807, 2.05) is 60.7 Å². The van der Waals surface area contributed by atoms with E-state index in [1.165, 1.54) is 10.4 Å². The van der Waals surface area contributed by atoms with Crippen LogP contribution in [0.3, 0.4) is 0 Å². The Morgan fingerprint density at radius 1 is 0.636 bits per heavy atom. The van der Waals surface area contributed by atoms with Crippen LogP contribution in [0.4, 0.5) is 0 Å². The maximum absolute atomic E-state index is 6.90. The molecule has 0 bridgehead atoms. The molecule has 3 aromatic rings. The molecule has 0 amide bonds. The van der Waals surface area contributed by atoms with Crippen LogP contribution in [0.15, 0.2) is 84.9 Å². The number of para-hydroxylation sites is 1. The van der Waals surface area contributed by atoms with Gasteiger partial charge < -0.3 is 4.74 Å². The molecule has 0 N–H and O–H groups in total. The first-order valence-corrected chi connectivity index (χ1v) is 10.8. The van der Waals surface area contributed by atoms with E-state index in [9.17, 15) is 0 Å². The fourth-order valence-electron chi connectivity index (χ4n) is 2.38. The van der Waals surface area contributed by atoms with Gasteiger partial charge >= 0.3 is 0 Å². The minimum absolute atomic E-state index is 0.824. The normalized spacial score (nSPS) is 13.4. The van der Waals surface area contributed by atoms with Crippen LogP contribution in [0.5, 0.6) is 11.5 Å². The van der Waals surface area contributed by atoms with Crippen molar-refractivity contribution in [1.29, 1.82) is 0 Å². The molecular weight excluding hydrogens is 308 g/mol. The Morgan fingerprint density at radius 2 is 1.09 bits per heavy atom. The summed E-state index contributed by atoms with van der Waals surface area (Å²) in [7, 11) is -2.15. The van der Waals surface area contributed by atoms with Crippen LogP contribution in [0.25, 0.3) is 0 Å². The molecular formula is C19H17ClOSi. The number of halogens is 1. The molecule has 0 radical (unpaired) electrons. The van der Waals surface area contributed by atoms with Gasteiger partial charge in [-0.3, -0.25) is 0 Å². The van der Waals surface area contributed by atoms with E-state index in [1.54, 1.807) is 0 Å². The van der Waals surface area contributed by atoms with Gasteiger partial charge in [0.25, 0.3) is 0 Å². The predicted molar refractivity (Wildman–Crippen MR) is 96.1 cm³/mol. The Bertz CT molecular complexity index is 724. The molecule has 0 aliphatic heterocycles. The molecule has 0 spiro atoms. The molecule has 3 aromatic carbocycles. The summed E-state index contributed by atoms with van der Waals surface area (Å²) in [4.78, 5) is 0. The zero-order valence-electron chi connectivity index (χ0n) is 12.4. The minimum atomic E-state index is -2.15. The van der Waals surface area contributed by atoms with Gasteiger partial charge in [0.05, 0.1) is 0 Å². The standard InChI is InChI=1S/C19H17ClOSi/c1-22(20,18-10-6-3-7-11-18)19-14-12-17(13-15-19)21-16-8-4-2-5-9-16/h2-15H,1H3. The van der Waals surface area contributed by atoms with Crippen LogP contribution in [0, 0.1) is 0 Å². The fraction of sp³-hybridized carbons (Fsp3) is 0.0526. The monoisotopic (exact) mass is 324 g/mol. The van der Waals surface area contributed by atoms with E-state index < -0.39 is 7.38 Å². The van der Waals surface area contributed by atoms with E-state index in [4.69, 9.17) is 15.8 Å². The third kappa shape index (κ3) is 3.24. The van der Waals surface area contributed by atoms with Crippen molar-refractivity contribution in [1.82, 2.24) is 0 Å². The highest BCUT2D eigenvalue weighted by Crippen LogP contribution is 2.20. The lowest BCUT2D eigenvalue weighted by Gasteiger charge is -2.20. The molecule has 1 atom stereocenters. The van der Waals surface area contributed by atoms with Crippen molar-refractivity contribution in [2.45, 2.75) is 6.55 Å². The van der Waals surface area contributed by atoms with Crippen LogP contribution in [0.1, 0.15) is 0 Å². The zero-order chi connectivity index (χ0) is 15.4. The van der Waals surface area contributed by atoms with Gasteiger partial charge in [-0.15, -0.1) is 0 Å². The van der Waals surface area contributed by atoms with Crippen LogP contribution in [-0.4, -0.2) is 7.38 Å². The first-order chi connectivity index (χ1) is 10.7. The topological polar surface area (TPSA) is 9.23 Å². The number of ether oxygens (including phenoxy) is 1. The van der Waals surface area contributed by atoms with E-state index in [2.05, 4.69) is 30.8 Å². The Hall–Kier alpha value is -2.03. The van der Waals surface area contributed by atoms with Gasteiger partial charge in [-0.25, -0.2) is 0 Å². The Labute approximate surface area is 136 Å². The summed E-state index contributed by atoms with van der Waals surface area (Å²) >= 11 is 6.90. The van der Waals surface area contributed by atoms with Crippen molar-refractivity contribution in [3.05, 3.63) is 84.9 Å². The summed E-state index contributed by atoms with van der Waals surface area (Å²) in [6, 6.07) is 28.2. The first-order valence-electron chi connectivity index (χ1n) is 7.24. The first kappa shape index (κ1) is 14.9. The van der Waals surface area contributed by atoms with E-state index in [0.717, 1.165) is 11.5 Å². The summed E-state index contributed by atoms with van der Waals surface area (Å²) in [6.07, 6.45) is 0. The van der Waals surface area contributed by atoms with Gasteiger partial charge in [-0.05, 0) is 41.2 Å². The van der Waals surface area contributed by atoms with Crippen LogP contribution >= 0.6 is 11.1 Å². The number of hydrogen-bond donors (Lipinski definition) is 0. The molecule has 0 fully saturated rings. The van der Waals surface area contributed by atoms with Gasteiger partial charge in [0.15, 0.2) is 0 Å². The second-order valence-electron chi connectivity index (χ2n) is 5.31. The quantitative estimate of drug-likeness (QED) is 0.510. The molecule has 110 valence electrons. The SMILES string of the molecule is C[Si](Cl)(c1ccccc1)c1ccc(Oc2ccccc2)cc1. The van der Waals surface area contributed by atoms with Crippen LogP contribution in [0.2, 0.25) is 6.55 Å². The Morgan fingerprint density at radius 3 is 1.68 bits per heavy atom. The molecule has 1 nitrogen and oxygen atoms in total. The van der Waals surface area contributed by atoms with Gasteiger partial charge in [0.2, 0.25) is 7.38 Å². The van der Waals surface area contributed by atoms with Crippen molar-refractivity contribution in [3.63, 3.8) is 0 Å². The molecule has 0 aliphatic carbocycles. The third-order valence-corrected chi connectivity index (χ3v) is 7.84. The molecule has 0 saturated carbocycles. The highest BCUT2D eigenvalue weighted by molar-refractivity contribution is 7.33. The minimum Gasteiger partial charge on any atom is -0.457 e. The van der Waals surface area contributed by atoms with Gasteiger partial charge in [0, 0.05) is 0 Å². The largest absolute Gasteiger partial charge is 0.457 e. The van der Waals surface area contributed by atoms with Crippen molar-refractivity contribution in [2.24, 2.45) is 0 Å². The summed E-state index contributed by atoms with van der Waals surface area (Å²) in [6.45, 7) is 2.15. The fourth-order valence-corrected chi connectivity index (χ4v) is 5.08. The zero-order valence-corrected chi connectivity index (χ0v) is 14.1. The number of hydrogen-bond acceptors (Lipinski definition) is 1.